The lowest BCUT2D eigenvalue weighted by Crippen LogP contribution is -2.45. The van der Waals surface area contributed by atoms with Crippen LogP contribution in [-0.2, 0) is 26.0 Å². The molecule has 0 aliphatic carbocycles. The predicted octanol–water partition coefficient (Wildman–Crippen LogP) is 0.877. The SMILES string of the molecule is COc1ccc(N2CCCS2(=O)=O)cc1NC(=O)C(=O)NCC(C)(O)Cc1ccco1. The Labute approximate surface area is 180 Å². The molecule has 31 heavy (non-hydrogen) atoms. The van der Waals surface area contributed by atoms with Crippen LogP contribution < -0.4 is 19.7 Å². The van der Waals surface area contributed by atoms with Crippen LogP contribution in [0.25, 0.3) is 0 Å². The third-order valence-electron chi connectivity index (χ3n) is 4.79. The molecule has 11 heteroatoms. The Bertz CT molecular complexity index is 1050. The van der Waals surface area contributed by atoms with Crippen LogP contribution in [0.4, 0.5) is 11.4 Å². The second-order valence-corrected chi connectivity index (χ2v) is 9.53. The van der Waals surface area contributed by atoms with Crippen LogP contribution in [0.1, 0.15) is 19.1 Å². The summed E-state index contributed by atoms with van der Waals surface area (Å²) in [7, 11) is -2.01. The van der Waals surface area contributed by atoms with E-state index in [0.29, 0.717) is 24.4 Å². The first-order valence-electron chi connectivity index (χ1n) is 9.64. The van der Waals surface area contributed by atoms with Crippen molar-refractivity contribution >= 4 is 33.2 Å². The zero-order valence-electron chi connectivity index (χ0n) is 17.3. The number of aliphatic hydroxyl groups is 1. The van der Waals surface area contributed by atoms with Crippen LogP contribution >= 0.6 is 0 Å². The van der Waals surface area contributed by atoms with Gasteiger partial charge in [-0.3, -0.25) is 13.9 Å². The van der Waals surface area contributed by atoms with Crippen LogP contribution in [-0.4, -0.2) is 56.9 Å². The van der Waals surface area contributed by atoms with Gasteiger partial charge in [-0.05, 0) is 43.7 Å². The number of anilines is 2. The number of hydrogen-bond acceptors (Lipinski definition) is 7. The van der Waals surface area contributed by atoms with Crippen molar-refractivity contribution in [3.8, 4) is 5.75 Å². The molecule has 1 unspecified atom stereocenters. The van der Waals surface area contributed by atoms with Crippen molar-refractivity contribution in [3.63, 3.8) is 0 Å². The Morgan fingerprint density at radius 3 is 2.68 bits per heavy atom. The molecule has 2 heterocycles. The van der Waals surface area contributed by atoms with E-state index in [9.17, 15) is 23.1 Å². The number of carbonyl (C=O) groups excluding carboxylic acids is 2. The number of rotatable bonds is 7. The van der Waals surface area contributed by atoms with E-state index in [1.807, 2.05) is 0 Å². The molecule has 2 aromatic rings. The van der Waals surface area contributed by atoms with E-state index in [-0.39, 0.29) is 30.2 Å². The Balaban J connectivity index is 1.66. The van der Waals surface area contributed by atoms with E-state index < -0.39 is 27.4 Å². The minimum Gasteiger partial charge on any atom is -0.495 e. The summed E-state index contributed by atoms with van der Waals surface area (Å²) < 4.78 is 36.0. The fraction of sp³-hybridized carbons (Fsp3) is 0.400. The van der Waals surface area contributed by atoms with Gasteiger partial charge in [-0.1, -0.05) is 0 Å². The molecule has 1 saturated heterocycles. The van der Waals surface area contributed by atoms with Crippen LogP contribution in [0.2, 0.25) is 0 Å². The number of nitrogens with one attached hydrogen (secondary N) is 2. The average Bonchev–Trinajstić information content (AvgIpc) is 3.34. The first-order chi connectivity index (χ1) is 14.6. The summed E-state index contributed by atoms with van der Waals surface area (Å²) in [5, 5.41) is 15.2. The van der Waals surface area contributed by atoms with Crippen molar-refractivity contribution in [2.45, 2.75) is 25.4 Å². The van der Waals surface area contributed by atoms with Crippen LogP contribution in [0, 0.1) is 0 Å². The molecule has 3 rings (SSSR count). The van der Waals surface area contributed by atoms with Gasteiger partial charge in [0.2, 0.25) is 10.0 Å². The fourth-order valence-electron chi connectivity index (χ4n) is 3.26. The lowest BCUT2D eigenvalue weighted by Gasteiger charge is -2.22. The number of ether oxygens (including phenoxy) is 1. The third kappa shape index (κ3) is 5.56. The molecule has 1 aliphatic heterocycles. The summed E-state index contributed by atoms with van der Waals surface area (Å²) in [4.78, 5) is 24.6. The maximum Gasteiger partial charge on any atom is 0.313 e. The number of sulfonamides is 1. The molecule has 2 amide bonds. The van der Waals surface area contributed by atoms with E-state index in [4.69, 9.17) is 9.15 Å². The molecule has 1 atom stereocenters. The number of methoxy groups -OCH3 is 1. The van der Waals surface area contributed by atoms with Gasteiger partial charge < -0.3 is 24.9 Å². The molecule has 1 fully saturated rings. The smallest absolute Gasteiger partial charge is 0.313 e. The normalized spacial score (nSPS) is 17.1. The summed E-state index contributed by atoms with van der Waals surface area (Å²) in [5.41, 5.74) is -0.796. The van der Waals surface area contributed by atoms with Crippen molar-refractivity contribution in [2.75, 3.05) is 35.6 Å². The highest BCUT2D eigenvalue weighted by atomic mass is 32.2. The van der Waals surface area contributed by atoms with Crippen LogP contribution in [0.15, 0.2) is 41.0 Å². The summed E-state index contributed by atoms with van der Waals surface area (Å²) in [6.45, 7) is 1.67. The van der Waals surface area contributed by atoms with Gasteiger partial charge in [0.1, 0.15) is 11.5 Å². The maximum absolute atomic E-state index is 12.4. The summed E-state index contributed by atoms with van der Waals surface area (Å²) in [6, 6.07) is 7.92. The molecule has 0 bridgehead atoms. The van der Waals surface area contributed by atoms with Gasteiger partial charge >= 0.3 is 11.8 Å². The number of nitrogens with zero attached hydrogens (tertiary/aromatic N) is 1. The van der Waals surface area contributed by atoms with Gasteiger partial charge in [0.15, 0.2) is 0 Å². The standard InChI is InChI=1S/C20H25N3O7S/c1-20(26,12-15-5-3-9-30-15)13-21-18(24)19(25)22-16-11-14(6-7-17(16)29-2)23-8-4-10-31(23,27)28/h3,5-7,9,11,26H,4,8,10,12-13H2,1-2H3,(H,21,24)(H,22,25). The number of hydrogen-bond donors (Lipinski definition) is 3. The quantitative estimate of drug-likeness (QED) is 0.531. The van der Waals surface area contributed by atoms with Crippen molar-refractivity contribution < 1.29 is 32.3 Å². The highest BCUT2D eigenvalue weighted by Gasteiger charge is 2.29. The van der Waals surface area contributed by atoms with Gasteiger partial charge in [0.25, 0.3) is 0 Å². The highest BCUT2D eigenvalue weighted by molar-refractivity contribution is 7.93. The molecule has 0 radical (unpaired) electrons. The van der Waals surface area contributed by atoms with E-state index in [0.717, 1.165) is 0 Å². The Morgan fingerprint density at radius 1 is 1.29 bits per heavy atom. The molecule has 10 nitrogen and oxygen atoms in total. The zero-order valence-corrected chi connectivity index (χ0v) is 18.1. The largest absolute Gasteiger partial charge is 0.495 e. The summed E-state index contributed by atoms with van der Waals surface area (Å²) >= 11 is 0. The van der Waals surface area contributed by atoms with Gasteiger partial charge in [-0.25, -0.2) is 8.42 Å². The van der Waals surface area contributed by atoms with Gasteiger partial charge in [0.05, 0.1) is 36.1 Å². The van der Waals surface area contributed by atoms with Crippen molar-refractivity contribution in [3.05, 3.63) is 42.4 Å². The number of furan rings is 1. The molecule has 1 aromatic heterocycles. The Hall–Kier alpha value is -3.05. The van der Waals surface area contributed by atoms with Crippen molar-refractivity contribution in [1.29, 1.82) is 0 Å². The lowest BCUT2D eigenvalue weighted by molar-refractivity contribution is -0.136. The van der Waals surface area contributed by atoms with Crippen LogP contribution in [0.5, 0.6) is 5.75 Å². The Morgan fingerprint density at radius 2 is 2.06 bits per heavy atom. The van der Waals surface area contributed by atoms with Crippen molar-refractivity contribution in [1.82, 2.24) is 5.32 Å². The van der Waals surface area contributed by atoms with E-state index in [2.05, 4.69) is 10.6 Å². The first kappa shape index (κ1) is 22.6. The minimum absolute atomic E-state index is 0.0566. The predicted molar refractivity (Wildman–Crippen MR) is 113 cm³/mol. The molecular weight excluding hydrogens is 426 g/mol. The van der Waals surface area contributed by atoms with Gasteiger partial charge in [-0.15, -0.1) is 0 Å². The van der Waals surface area contributed by atoms with Gasteiger partial charge in [0, 0.05) is 19.5 Å². The second-order valence-electron chi connectivity index (χ2n) is 7.52. The number of amides is 2. The summed E-state index contributed by atoms with van der Waals surface area (Å²) in [5.74, 6) is -1.07. The second kappa shape index (κ2) is 8.98. The summed E-state index contributed by atoms with van der Waals surface area (Å²) in [6.07, 6.45) is 2.14. The van der Waals surface area contributed by atoms with Crippen LogP contribution in [0.3, 0.4) is 0 Å². The molecule has 0 spiro atoms. The van der Waals surface area contributed by atoms with Gasteiger partial charge in [-0.2, -0.15) is 0 Å². The van der Waals surface area contributed by atoms with E-state index in [1.165, 1.54) is 36.7 Å². The highest BCUT2D eigenvalue weighted by Crippen LogP contribution is 2.32. The molecule has 168 valence electrons. The molecule has 1 aliphatic rings. The first-order valence-corrected chi connectivity index (χ1v) is 11.2. The van der Waals surface area contributed by atoms with E-state index >= 15 is 0 Å². The average molecular weight is 452 g/mol. The van der Waals surface area contributed by atoms with E-state index in [1.54, 1.807) is 18.2 Å². The Kier molecular flexibility index (Phi) is 6.56. The minimum atomic E-state index is -3.40. The topological polar surface area (TPSA) is 138 Å². The molecular formula is C20H25N3O7S. The fourth-order valence-corrected chi connectivity index (χ4v) is 4.82. The number of benzene rings is 1. The zero-order chi connectivity index (χ0) is 22.6. The van der Waals surface area contributed by atoms with Crippen molar-refractivity contribution in [2.24, 2.45) is 0 Å². The molecule has 0 saturated carbocycles. The molecule has 1 aromatic carbocycles. The molecule has 3 N–H and O–H groups in total. The maximum atomic E-state index is 12.4. The monoisotopic (exact) mass is 451 g/mol. The number of carbonyl (C=O) groups is 2. The third-order valence-corrected chi connectivity index (χ3v) is 6.66. The lowest BCUT2D eigenvalue weighted by atomic mass is 10.0.